The van der Waals surface area contributed by atoms with Crippen LogP contribution in [0.4, 0.5) is 0 Å². The second kappa shape index (κ2) is 4.32. The molecule has 1 aliphatic rings. The van der Waals surface area contributed by atoms with Gasteiger partial charge < -0.3 is 5.73 Å². The van der Waals surface area contributed by atoms with E-state index in [1.807, 2.05) is 10.9 Å². The average molecular weight is 226 g/mol. The Morgan fingerprint density at radius 1 is 1.73 bits per heavy atom. The summed E-state index contributed by atoms with van der Waals surface area (Å²) in [5.41, 5.74) is 6.26. The van der Waals surface area contributed by atoms with Crippen LogP contribution >= 0.6 is 11.8 Å². The van der Waals surface area contributed by atoms with Gasteiger partial charge in [-0.1, -0.05) is 17.0 Å². The van der Waals surface area contributed by atoms with E-state index in [1.54, 1.807) is 6.92 Å². The Labute approximate surface area is 92.4 Å². The van der Waals surface area contributed by atoms with Gasteiger partial charge in [0.15, 0.2) is 5.12 Å². The fourth-order valence-electron chi connectivity index (χ4n) is 1.67. The summed E-state index contributed by atoms with van der Waals surface area (Å²) in [6, 6.07) is 0.312. The van der Waals surface area contributed by atoms with Crippen LogP contribution in [-0.2, 0) is 11.3 Å². The molecule has 2 atom stereocenters. The Morgan fingerprint density at radius 3 is 3.00 bits per heavy atom. The van der Waals surface area contributed by atoms with Crippen molar-refractivity contribution < 1.29 is 4.79 Å². The molecule has 2 unspecified atom stereocenters. The molecule has 2 rings (SSSR count). The number of thioether (sulfide) groups is 1. The largest absolute Gasteiger partial charge is 0.325 e. The van der Waals surface area contributed by atoms with Crippen molar-refractivity contribution in [3.8, 4) is 0 Å². The molecule has 0 amide bonds. The summed E-state index contributed by atoms with van der Waals surface area (Å²) in [6.07, 6.45) is 4.02. The van der Waals surface area contributed by atoms with Crippen LogP contribution in [-0.4, -0.2) is 25.4 Å². The lowest BCUT2D eigenvalue weighted by atomic mass is 9.92. The molecule has 0 aliphatic heterocycles. The minimum atomic E-state index is 0.170. The molecule has 6 heteroatoms. The minimum Gasteiger partial charge on any atom is -0.325 e. The van der Waals surface area contributed by atoms with Crippen molar-refractivity contribution in [3.63, 3.8) is 0 Å². The van der Waals surface area contributed by atoms with Crippen LogP contribution in [0, 0.1) is 0 Å². The zero-order chi connectivity index (χ0) is 10.8. The van der Waals surface area contributed by atoms with E-state index >= 15 is 0 Å². The highest BCUT2D eigenvalue weighted by atomic mass is 32.2. The van der Waals surface area contributed by atoms with Gasteiger partial charge in [0.1, 0.15) is 0 Å². The van der Waals surface area contributed by atoms with Gasteiger partial charge in [-0.2, -0.15) is 0 Å². The van der Waals surface area contributed by atoms with Gasteiger partial charge in [-0.25, -0.2) is 4.68 Å². The van der Waals surface area contributed by atoms with Crippen LogP contribution in [0.5, 0.6) is 0 Å². The van der Waals surface area contributed by atoms with Crippen LogP contribution in [0.25, 0.3) is 0 Å². The number of hydrogen-bond donors (Lipinski definition) is 1. The van der Waals surface area contributed by atoms with E-state index in [-0.39, 0.29) is 5.12 Å². The molecule has 1 aromatic rings. The standard InChI is InChI=1S/C9H14N4OS/c1-6(14)15-9-3-2-8(9)13-5-7(4-10)11-12-13/h5,8-9H,2-4,10H2,1H3. The number of carbonyl (C=O) groups is 1. The molecule has 1 aromatic heterocycles. The Balaban J connectivity index is 2.01. The lowest BCUT2D eigenvalue weighted by Gasteiger charge is -2.34. The Hall–Kier alpha value is -0.880. The number of nitrogens with two attached hydrogens (primary N) is 1. The van der Waals surface area contributed by atoms with Gasteiger partial charge in [-0.3, -0.25) is 4.79 Å². The Morgan fingerprint density at radius 2 is 2.53 bits per heavy atom. The van der Waals surface area contributed by atoms with Crippen molar-refractivity contribution in [1.82, 2.24) is 15.0 Å². The third kappa shape index (κ3) is 2.21. The molecule has 0 bridgehead atoms. The highest BCUT2D eigenvalue weighted by molar-refractivity contribution is 8.14. The van der Waals surface area contributed by atoms with Gasteiger partial charge in [0.05, 0.1) is 17.9 Å². The van der Waals surface area contributed by atoms with E-state index in [4.69, 9.17) is 5.73 Å². The number of rotatable bonds is 3. The molecule has 15 heavy (non-hydrogen) atoms. The molecule has 1 aliphatic carbocycles. The highest BCUT2D eigenvalue weighted by Crippen LogP contribution is 2.40. The van der Waals surface area contributed by atoms with Crippen molar-refractivity contribution in [2.24, 2.45) is 5.73 Å². The number of hydrogen-bond acceptors (Lipinski definition) is 5. The van der Waals surface area contributed by atoms with Gasteiger partial charge in [0, 0.05) is 18.7 Å². The van der Waals surface area contributed by atoms with E-state index in [9.17, 15) is 4.79 Å². The number of carbonyl (C=O) groups excluding carboxylic acids is 1. The maximum absolute atomic E-state index is 11.0. The van der Waals surface area contributed by atoms with Crippen molar-refractivity contribution in [1.29, 1.82) is 0 Å². The van der Waals surface area contributed by atoms with Crippen molar-refractivity contribution in [3.05, 3.63) is 11.9 Å². The molecule has 5 nitrogen and oxygen atoms in total. The third-order valence-electron chi connectivity index (χ3n) is 2.60. The van der Waals surface area contributed by atoms with Gasteiger partial charge in [-0.05, 0) is 12.8 Å². The summed E-state index contributed by atoms with van der Waals surface area (Å²) in [4.78, 5) is 11.0. The summed E-state index contributed by atoms with van der Waals surface area (Å²) in [7, 11) is 0. The van der Waals surface area contributed by atoms with Crippen molar-refractivity contribution in [2.75, 3.05) is 0 Å². The lowest BCUT2D eigenvalue weighted by molar-refractivity contribution is -0.109. The fourth-order valence-corrected chi connectivity index (χ4v) is 2.77. The van der Waals surface area contributed by atoms with Crippen LogP contribution in [0.15, 0.2) is 6.20 Å². The molecule has 0 aromatic carbocycles. The molecule has 1 saturated carbocycles. The quantitative estimate of drug-likeness (QED) is 0.822. The smallest absolute Gasteiger partial charge is 0.186 e. The first-order chi connectivity index (χ1) is 7.20. The molecule has 1 heterocycles. The SMILES string of the molecule is CC(=O)SC1CCC1n1cc(CN)nn1. The molecule has 2 N–H and O–H groups in total. The van der Waals surface area contributed by atoms with E-state index in [2.05, 4.69) is 10.3 Å². The van der Waals surface area contributed by atoms with E-state index in [1.165, 1.54) is 11.8 Å². The molecular weight excluding hydrogens is 212 g/mol. The minimum absolute atomic E-state index is 0.170. The summed E-state index contributed by atoms with van der Waals surface area (Å²) < 4.78 is 1.84. The van der Waals surface area contributed by atoms with Gasteiger partial charge in [0.2, 0.25) is 0 Å². The maximum atomic E-state index is 11.0. The molecular formula is C9H14N4OS. The molecule has 1 fully saturated rings. The van der Waals surface area contributed by atoms with E-state index < -0.39 is 0 Å². The molecule has 0 saturated heterocycles. The van der Waals surface area contributed by atoms with Crippen LogP contribution in [0.1, 0.15) is 31.5 Å². The number of nitrogens with zero attached hydrogens (tertiary/aromatic N) is 3. The number of aromatic nitrogens is 3. The van der Waals surface area contributed by atoms with E-state index in [0.29, 0.717) is 17.8 Å². The van der Waals surface area contributed by atoms with Crippen molar-refractivity contribution >= 4 is 16.9 Å². The summed E-state index contributed by atoms with van der Waals surface area (Å²) in [5, 5.41) is 8.50. The second-order valence-corrected chi connectivity index (χ2v) is 5.10. The first-order valence-corrected chi connectivity index (χ1v) is 5.86. The predicted octanol–water partition coefficient (Wildman–Crippen LogP) is 0.720. The molecule has 82 valence electrons. The van der Waals surface area contributed by atoms with Crippen molar-refractivity contribution in [2.45, 2.75) is 37.6 Å². The first-order valence-electron chi connectivity index (χ1n) is 4.98. The lowest BCUT2D eigenvalue weighted by Crippen LogP contribution is -2.32. The van der Waals surface area contributed by atoms with Gasteiger partial charge >= 0.3 is 0 Å². The Bertz CT molecular complexity index is 365. The predicted molar refractivity (Wildman–Crippen MR) is 58.2 cm³/mol. The van der Waals surface area contributed by atoms with E-state index in [0.717, 1.165) is 18.5 Å². The third-order valence-corrected chi connectivity index (χ3v) is 3.78. The van der Waals surface area contributed by atoms with Gasteiger partial charge in [-0.15, -0.1) is 5.10 Å². The summed E-state index contributed by atoms with van der Waals surface area (Å²) in [5.74, 6) is 0. The summed E-state index contributed by atoms with van der Waals surface area (Å²) in [6.45, 7) is 2.02. The zero-order valence-electron chi connectivity index (χ0n) is 8.59. The summed E-state index contributed by atoms with van der Waals surface area (Å²) >= 11 is 1.40. The first kappa shape index (κ1) is 10.6. The monoisotopic (exact) mass is 226 g/mol. The molecule has 0 spiro atoms. The average Bonchev–Trinajstić information content (AvgIpc) is 2.61. The fraction of sp³-hybridized carbons (Fsp3) is 0.667. The topological polar surface area (TPSA) is 73.8 Å². The zero-order valence-corrected chi connectivity index (χ0v) is 9.41. The maximum Gasteiger partial charge on any atom is 0.186 e. The van der Waals surface area contributed by atoms with Crippen LogP contribution in [0.2, 0.25) is 0 Å². The van der Waals surface area contributed by atoms with Crippen LogP contribution in [0.3, 0.4) is 0 Å². The Kier molecular flexibility index (Phi) is 3.06. The van der Waals surface area contributed by atoms with Gasteiger partial charge in [0.25, 0.3) is 0 Å². The normalized spacial score (nSPS) is 24.9. The van der Waals surface area contributed by atoms with Crippen LogP contribution < -0.4 is 5.73 Å². The highest BCUT2D eigenvalue weighted by Gasteiger charge is 2.34. The molecule has 0 radical (unpaired) electrons. The second-order valence-electron chi connectivity index (χ2n) is 3.69.